The topological polar surface area (TPSA) is 17.1 Å². The van der Waals surface area contributed by atoms with Crippen molar-refractivity contribution in [2.75, 3.05) is 0 Å². The molecule has 3 rings (SSSR count). The van der Waals surface area contributed by atoms with E-state index in [2.05, 4.69) is 68.4 Å². The number of benzene rings is 3. The van der Waals surface area contributed by atoms with Gasteiger partial charge in [0, 0.05) is 11.5 Å². The molecule has 0 N–H and O–H groups in total. The molecule has 0 amide bonds. The normalized spacial score (nSPS) is 12.5. The molecule has 144 valence electrons. The number of hydrogen-bond donors (Lipinski definition) is 0. The van der Waals surface area contributed by atoms with Crippen molar-refractivity contribution in [3.63, 3.8) is 0 Å². The van der Waals surface area contributed by atoms with Gasteiger partial charge < -0.3 is 0 Å². The molecule has 0 radical (unpaired) electrons. The first-order chi connectivity index (χ1) is 13.6. The van der Waals surface area contributed by atoms with Crippen LogP contribution < -0.4 is 15.9 Å². The van der Waals surface area contributed by atoms with Crippen LogP contribution in [0.5, 0.6) is 0 Å². The summed E-state index contributed by atoms with van der Waals surface area (Å²) in [6.07, 6.45) is 7.93. The number of hydrogen-bond acceptors (Lipinski definition) is 1. The van der Waals surface area contributed by atoms with E-state index in [1.807, 2.05) is 30.3 Å². The van der Waals surface area contributed by atoms with Crippen LogP contribution in [0.1, 0.15) is 43.5 Å². The summed E-state index contributed by atoms with van der Waals surface area (Å²) >= 11 is 0. The second-order valence-electron chi connectivity index (χ2n) is 7.41. The van der Waals surface area contributed by atoms with Crippen LogP contribution in [0, 0.1) is 5.92 Å². The Morgan fingerprint density at radius 1 is 0.857 bits per heavy atom. The lowest BCUT2D eigenvalue weighted by atomic mass is 9.94. The van der Waals surface area contributed by atoms with E-state index >= 15 is 0 Å². The van der Waals surface area contributed by atoms with Crippen molar-refractivity contribution in [2.24, 2.45) is 5.92 Å². The van der Waals surface area contributed by atoms with Crippen LogP contribution in [0.2, 0.25) is 0 Å². The molecule has 28 heavy (non-hydrogen) atoms. The summed E-state index contributed by atoms with van der Waals surface area (Å²) in [6, 6.07) is 29.0. The number of carbonyl (C=O) groups is 1. The molecule has 0 saturated heterocycles. The van der Waals surface area contributed by atoms with Gasteiger partial charge >= 0.3 is 0 Å². The lowest BCUT2D eigenvalue weighted by molar-refractivity contribution is 0.0924. The molecule has 0 heterocycles. The minimum Gasteiger partial charge on any atom is -0.294 e. The second kappa shape index (κ2) is 9.22. The van der Waals surface area contributed by atoms with Crippen LogP contribution in [0.4, 0.5) is 0 Å². The first kappa shape index (κ1) is 20.4. The summed E-state index contributed by atoms with van der Waals surface area (Å²) in [5.74, 6) is 0.269. The van der Waals surface area contributed by atoms with Gasteiger partial charge in [-0.25, -0.2) is 0 Å². The molecule has 0 aliphatic rings. The predicted molar refractivity (Wildman–Crippen MR) is 125 cm³/mol. The van der Waals surface area contributed by atoms with Crippen LogP contribution in [0.3, 0.4) is 0 Å². The van der Waals surface area contributed by atoms with Crippen molar-refractivity contribution in [3.05, 3.63) is 90.5 Å². The third kappa shape index (κ3) is 4.05. The average molecular weight is 388 g/mol. The Kier molecular flexibility index (Phi) is 6.70. The summed E-state index contributed by atoms with van der Waals surface area (Å²) < 4.78 is 0. The maximum absolute atomic E-state index is 13.4. The highest BCUT2D eigenvalue weighted by Crippen LogP contribution is 2.43. The van der Waals surface area contributed by atoms with Crippen molar-refractivity contribution in [2.45, 2.75) is 33.1 Å². The molecule has 0 bridgehead atoms. The van der Waals surface area contributed by atoms with E-state index in [1.54, 1.807) is 0 Å². The van der Waals surface area contributed by atoms with Gasteiger partial charge in [-0.1, -0.05) is 118 Å². The van der Waals surface area contributed by atoms with Gasteiger partial charge in [0.05, 0.1) is 0 Å². The van der Waals surface area contributed by atoms with Gasteiger partial charge in [-0.05, 0) is 29.2 Å². The monoisotopic (exact) mass is 388 g/mol. The van der Waals surface area contributed by atoms with Gasteiger partial charge in [-0.2, -0.15) is 0 Å². The van der Waals surface area contributed by atoms with E-state index in [0.29, 0.717) is 0 Å². The number of carbonyl (C=O) groups excluding carboxylic acids is 1. The molecule has 0 aliphatic carbocycles. The largest absolute Gasteiger partial charge is 0.294 e. The zero-order valence-electron chi connectivity index (χ0n) is 16.8. The number of rotatable bonds is 8. The molecular formula is C26H29OP. The molecule has 1 atom stereocenters. The van der Waals surface area contributed by atoms with E-state index in [1.165, 1.54) is 10.6 Å². The Hall–Kier alpha value is -2.37. The van der Waals surface area contributed by atoms with Crippen LogP contribution in [-0.4, -0.2) is 12.1 Å². The van der Waals surface area contributed by atoms with E-state index in [9.17, 15) is 4.79 Å². The molecular weight excluding hydrogens is 359 g/mol. The fraction of sp³-hybridized carbons (Fsp3) is 0.231. The van der Waals surface area contributed by atoms with E-state index in [0.717, 1.165) is 30.1 Å². The molecule has 0 aromatic heterocycles. The Labute approximate surface area is 169 Å². The van der Waals surface area contributed by atoms with Crippen LogP contribution in [0.15, 0.2) is 84.9 Å². The lowest BCUT2D eigenvalue weighted by Gasteiger charge is -2.29. The van der Waals surface area contributed by atoms with E-state index < -0.39 is 6.89 Å². The van der Waals surface area contributed by atoms with Crippen LogP contribution in [-0.2, 0) is 0 Å². The summed E-state index contributed by atoms with van der Waals surface area (Å²) in [4.78, 5) is 13.4. The molecule has 3 aromatic carbocycles. The lowest BCUT2D eigenvalue weighted by Crippen LogP contribution is -2.30. The minimum absolute atomic E-state index is 0.0288. The number of Topliss-reactive ketones (excluding diaryl/α,β-unsaturated/α-hetero) is 1. The molecule has 0 spiro atoms. The van der Waals surface area contributed by atoms with Gasteiger partial charge in [0.2, 0.25) is 0 Å². The minimum atomic E-state index is -2.15. The molecule has 1 unspecified atom stereocenters. The standard InChI is InChI=1S/C26H29OP/c1-4-5-14-21(2)26(27)24-19-12-13-20-25(24)28(3,22-15-8-6-9-16-22)23-17-10-7-11-18-23/h6-13,15-21H,3-5,14H2,1-2H3. The maximum Gasteiger partial charge on any atom is 0.166 e. The molecule has 0 fully saturated rings. The first-order valence-corrected chi connectivity index (χ1v) is 12.0. The van der Waals surface area contributed by atoms with Crippen molar-refractivity contribution >= 4 is 34.9 Å². The maximum atomic E-state index is 13.4. The predicted octanol–water partition coefficient (Wildman–Crippen LogP) is 5.42. The molecule has 3 aromatic rings. The van der Waals surface area contributed by atoms with Crippen molar-refractivity contribution in [1.82, 2.24) is 0 Å². The number of ketones is 1. The smallest absolute Gasteiger partial charge is 0.166 e. The van der Waals surface area contributed by atoms with Gasteiger partial charge in [0.15, 0.2) is 5.78 Å². The Bertz CT molecular complexity index is 916. The van der Waals surface area contributed by atoms with Crippen molar-refractivity contribution < 1.29 is 4.79 Å². The molecule has 2 heteroatoms. The van der Waals surface area contributed by atoms with Crippen LogP contribution >= 0.6 is 6.89 Å². The fourth-order valence-corrected chi connectivity index (χ4v) is 6.87. The van der Waals surface area contributed by atoms with Gasteiger partial charge in [0.1, 0.15) is 0 Å². The fourth-order valence-electron chi connectivity index (χ4n) is 3.71. The molecule has 0 aliphatic heterocycles. The highest BCUT2D eigenvalue weighted by molar-refractivity contribution is 7.93. The third-order valence-electron chi connectivity index (χ3n) is 5.41. The van der Waals surface area contributed by atoms with Gasteiger partial charge in [-0.15, -0.1) is 0 Å². The summed E-state index contributed by atoms with van der Waals surface area (Å²) in [5, 5.41) is 3.48. The Morgan fingerprint density at radius 2 is 1.36 bits per heavy atom. The van der Waals surface area contributed by atoms with E-state index in [4.69, 9.17) is 6.30 Å². The Morgan fingerprint density at radius 3 is 1.89 bits per heavy atom. The summed E-state index contributed by atoms with van der Waals surface area (Å²) in [6.45, 7) is 2.07. The van der Waals surface area contributed by atoms with Gasteiger partial charge in [0.25, 0.3) is 0 Å². The summed E-state index contributed by atoms with van der Waals surface area (Å²) in [5.41, 5.74) is 0.835. The quantitative estimate of drug-likeness (QED) is 0.372. The first-order valence-electron chi connectivity index (χ1n) is 10.1. The highest BCUT2D eigenvalue weighted by Gasteiger charge is 2.28. The SMILES string of the molecule is C=P(c1ccccc1)(c1ccccc1)c1ccccc1C(=O)C(C)CCCC. The third-order valence-corrected chi connectivity index (χ3v) is 8.98. The zero-order valence-corrected chi connectivity index (χ0v) is 17.7. The van der Waals surface area contributed by atoms with Crippen molar-refractivity contribution in [3.8, 4) is 0 Å². The molecule has 0 saturated carbocycles. The number of unbranched alkanes of at least 4 members (excludes halogenated alkanes) is 1. The average Bonchev–Trinajstić information content (AvgIpc) is 2.77. The highest BCUT2D eigenvalue weighted by atomic mass is 31.2. The van der Waals surface area contributed by atoms with Gasteiger partial charge in [-0.3, -0.25) is 4.79 Å². The van der Waals surface area contributed by atoms with Crippen molar-refractivity contribution in [1.29, 1.82) is 0 Å². The van der Waals surface area contributed by atoms with Crippen LogP contribution in [0.25, 0.3) is 0 Å². The zero-order chi connectivity index (χ0) is 20.0. The second-order valence-corrected chi connectivity index (χ2v) is 10.5. The van der Waals surface area contributed by atoms with E-state index in [-0.39, 0.29) is 11.7 Å². The Balaban J connectivity index is 2.18. The summed E-state index contributed by atoms with van der Waals surface area (Å²) in [7, 11) is 0. The molecule has 1 nitrogen and oxygen atoms in total.